The number of H-pyrrole nitrogens is 1. The van der Waals surface area contributed by atoms with Crippen LogP contribution in [0.3, 0.4) is 0 Å². The van der Waals surface area contributed by atoms with Gasteiger partial charge < -0.3 is 11.1 Å². The molecule has 2 aromatic rings. The number of thiocarbonyl (C=S) groups is 1. The fraction of sp³-hybridized carbons (Fsp3) is 0. The summed E-state index contributed by atoms with van der Waals surface area (Å²) in [5.74, 6) is 0.0495. The lowest BCUT2D eigenvalue weighted by Crippen LogP contribution is -2.17. The van der Waals surface area contributed by atoms with E-state index >= 15 is 0 Å². The number of nitrogens with two attached hydrogens (primary N) is 1. The largest absolute Gasteiger partial charge is 0.389 e. The van der Waals surface area contributed by atoms with Crippen LogP contribution in [0.1, 0.15) is 16.1 Å². The van der Waals surface area contributed by atoms with Crippen molar-refractivity contribution in [1.82, 2.24) is 15.2 Å². The predicted molar refractivity (Wildman–Crippen MR) is 64.5 cm³/mol. The molecule has 2 heterocycles. The molecule has 0 atom stereocenters. The van der Waals surface area contributed by atoms with Gasteiger partial charge in [0.15, 0.2) is 0 Å². The summed E-state index contributed by atoms with van der Waals surface area (Å²) in [5.41, 5.74) is 7.88. The minimum absolute atomic E-state index is 0.169. The molecule has 0 radical (unpaired) electrons. The molecule has 0 saturated carbocycles. The number of carbonyl (C=O) groups excluding carboxylic acids is 1. The first-order valence-corrected chi connectivity index (χ1v) is 5.56. The van der Waals surface area contributed by atoms with Crippen molar-refractivity contribution in [3.8, 4) is 0 Å². The van der Waals surface area contributed by atoms with Crippen molar-refractivity contribution in [1.29, 1.82) is 0 Å². The minimum Gasteiger partial charge on any atom is -0.389 e. The fourth-order valence-corrected chi connectivity index (χ4v) is 1.76. The molecule has 82 valence electrons. The van der Waals surface area contributed by atoms with E-state index in [1.807, 2.05) is 0 Å². The first-order valence-electron chi connectivity index (χ1n) is 4.21. The molecule has 0 aliphatic carbocycles. The van der Waals surface area contributed by atoms with Gasteiger partial charge in [0, 0.05) is 5.38 Å². The Morgan fingerprint density at radius 3 is 3.06 bits per heavy atom. The third-order valence-corrected chi connectivity index (χ3v) is 2.61. The van der Waals surface area contributed by atoms with Crippen molar-refractivity contribution in [2.24, 2.45) is 5.73 Å². The number of rotatable bonds is 3. The van der Waals surface area contributed by atoms with Gasteiger partial charge in [0.2, 0.25) is 0 Å². The van der Waals surface area contributed by atoms with Crippen LogP contribution in [0.15, 0.2) is 17.1 Å². The zero-order chi connectivity index (χ0) is 11.5. The van der Waals surface area contributed by atoms with Gasteiger partial charge in [-0.15, -0.1) is 11.3 Å². The second-order valence-electron chi connectivity index (χ2n) is 2.85. The number of hydrogen-bond donors (Lipinski definition) is 3. The molecule has 1 amide bonds. The van der Waals surface area contributed by atoms with E-state index in [0.717, 1.165) is 0 Å². The summed E-state index contributed by atoms with van der Waals surface area (Å²) < 4.78 is 0. The highest BCUT2D eigenvalue weighted by Gasteiger charge is 2.13. The Kier molecular flexibility index (Phi) is 2.93. The molecule has 0 saturated heterocycles. The van der Waals surface area contributed by atoms with Gasteiger partial charge in [-0.3, -0.25) is 9.89 Å². The van der Waals surface area contributed by atoms with Crippen molar-refractivity contribution < 1.29 is 4.79 Å². The molecular weight excluding hydrogens is 246 g/mol. The quantitative estimate of drug-likeness (QED) is 0.701. The molecule has 0 aliphatic heterocycles. The van der Waals surface area contributed by atoms with Crippen LogP contribution in [0.25, 0.3) is 0 Å². The first-order chi connectivity index (χ1) is 7.68. The van der Waals surface area contributed by atoms with Gasteiger partial charge in [0.25, 0.3) is 5.91 Å². The molecule has 0 spiro atoms. The molecule has 0 aromatic carbocycles. The first kappa shape index (κ1) is 10.7. The third-order valence-electron chi connectivity index (χ3n) is 1.81. The molecule has 4 N–H and O–H groups in total. The van der Waals surface area contributed by atoms with Gasteiger partial charge in [-0.05, 0) is 0 Å². The second kappa shape index (κ2) is 4.37. The zero-order valence-corrected chi connectivity index (χ0v) is 9.56. The number of thiazole rings is 1. The highest BCUT2D eigenvalue weighted by molar-refractivity contribution is 7.80. The Labute approximate surface area is 99.9 Å². The Morgan fingerprint density at radius 2 is 2.44 bits per heavy atom. The predicted octanol–water partition coefficient (Wildman–Crippen LogP) is 0.753. The summed E-state index contributed by atoms with van der Waals surface area (Å²) in [6, 6.07) is 0. The van der Waals surface area contributed by atoms with Crippen molar-refractivity contribution in [3.05, 3.63) is 28.3 Å². The molecule has 0 unspecified atom stereocenters. The van der Waals surface area contributed by atoms with Crippen LogP contribution in [-0.2, 0) is 0 Å². The van der Waals surface area contributed by atoms with Crippen molar-refractivity contribution >= 4 is 40.3 Å². The Hall–Kier alpha value is -1.80. The highest BCUT2D eigenvalue weighted by Crippen LogP contribution is 2.12. The van der Waals surface area contributed by atoms with Gasteiger partial charge in [0.1, 0.15) is 16.5 Å². The summed E-state index contributed by atoms with van der Waals surface area (Å²) >= 11 is 6.15. The SMILES string of the molecule is NC(=S)c1cn[nH]c1NC(=O)c1cscn1. The topological polar surface area (TPSA) is 96.7 Å². The van der Waals surface area contributed by atoms with Crippen LogP contribution in [0.4, 0.5) is 5.82 Å². The van der Waals surface area contributed by atoms with Gasteiger partial charge in [0.05, 0.1) is 17.3 Å². The van der Waals surface area contributed by atoms with E-state index in [-0.39, 0.29) is 10.9 Å². The highest BCUT2D eigenvalue weighted by atomic mass is 32.1. The average Bonchev–Trinajstić information content (AvgIpc) is 2.86. The molecule has 6 nitrogen and oxygen atoms in total. The normalized spacial score (nSPS) is 10.0. The van der Waals surface area contributed by atoms with Gasteiger partial charge in [-0.1, -0.05) is 12.2 Å². The van der Waals surface area contributed by atoms with Crippen molar-refractivity contribution in [2.75, 3.05) is 5.32 Å². The van der Waals surface area contributed by atoms with Crippen molar-refractivity contribution in [2.45, 2.75) is 0 Å². The maximum atomic E-state index is 11.6. The van der Waals surface area contributed by atoms with Gasteiger partial charge >= 0.3 is 0 Å². The summed E-state index contributed by atoms with van der Waals surface area (Å²) in [7, 11) is 0. The summed E-state index contributed by atoms with van der Waals surface area (Å²) in [4.78, 5) is 15.7. The number of amides is 1. The lowest BCUT2D eigenvalue weighted by molar-refractivity contribution is 0.102. The number of aromatic nitrogens is 3. The lowest BCUT2D eigenvalue weighted by atomic mass is 10.3. The fourth-order valence-electron chi connectivity index (χ4n) is 1.07. The molecule has 8 heteroatoms. The molecule has 2 rings (SSSR count). The van der Waals surface area contributed by atoms with E-state index in [1.54, 1.807) is 10.9 Å². The zero-order valence-electron chi connectivity index (χ0n) is 7.93. The number of nitrogens with zero attached hydrogens (tertiary/aromatic N) is 2. The number of carbonyl (C=O) groups is 1. The molecule has 0 bridgehead atoms. The lowest BCUT2D eigenvalue weighted by Gasteiger charge is -2.02. The maximum Gasteiger partial charge on any atom is 0.276 e. The molecule has 2 aromatic heterocycles. The van der Waals surface area contributed by atoms with Gasteiger partial charge in [-0.25, -0.2) is 4.98 Å². The standard InChI is InChI=1S/C8H7N5OS2/c9-6(15)4-1-11-13-7(4)12-8(14)5-2-16-3-10-5/h1-3H,(H2,9,15)(H2,11,12,13,14). The second-order valence-corrected chi connectivity index (χ2v) is 4.01. The minimum atomic E-state index is -0.331. The number of nitrogens with one attached hydrogen (secondary N) is 2. The molecule has 0 fully saturated rings. The number of anilines is 1. The Morgan fingerprint density at radius 1 is 1.62 bits per heavy atom. The maximum absolute atomic E-state index is 11.6. The van der Waals surface area contributed by atoms with Crippen LogP contribution < -0.4 is 11.1 Å². The van der Waals surface area contributed by atoms with Crippen LogP contribution in [-0.4, -0.2) is 26.1 Å². The third kappa shape index (κ3) is 2.07. The van der Waals surface area contributed by atoms with Crippen LogP contribution in [0.5, 0.6) is 0 Å². The van der Waals surface area contributed by atoms with E-state index in [4.69, 9.17) is 18.0 Å². The van der Waals surface area contributed by atoms with Crippen molar-refractivity contribution in [3.63, 3.8) is 0 Å². The van der Waals surface area contributed by atoms with Crippen LogP contribution in [0, 0.1) is 0 Å². The van der Waals surface area contributed by atoms with E-state index in [1.165, 1.54) is 17.5 Å². The smallest absolute Gasteiger partial charge is 0.276 e. The molecular formula is C8H7N5OS2. The van der Waals surface area contributed by atoms with Crippen LogP contribution in [0.2, 0.25) is 0 Å². The monoisotopic (exact) mass is 253 g/mol. The van der Waals surface area contributed by atoms with Crippen LogP contribution >= 0.6 is 23.6 Å². The van der Waals surface area contributed by atoms with E-state index < -0.39 is 0 Å². The average molecular weight is 253 g/mol. The Balaban J connectivity index is 2.18. The van der Waals surface area contributed by atoms with Gasteiger partial charge in [-0.2, -0.15) is 5.10 Å². The molecule has 0 aliphatic rings. The number of hydrogen-bond acceptors (Lipinski definition) is 5. The summed E-state index contributed by atoms with van der Waals surface area (Å²) in [6.45, 7) is 0. The summed E-state index contributed by atoms with van der Waals surface area (Å²) in [6.07, 6.45) is 1.46. The van der Waals surface area contributed by atoms with E-state index in [0.29, 0.717) is 17.1 Å². The summed E-state index contributed by atoms with van der Waals surface area (Å²) in [5, 5.41) is 10.6. The van der Waals surface area contributed by atoms with E-state index in [9.17, 15) is 4.79 Å². The Bertz CT molecular complexity index is 518. The molecule has 16 heavy (non-hydrogen) atoms. The van der Waals surface area contributed by atoms with E-state index in [2.05, 4.69) is 20.5 Å². The number of aromatic amines is 1.